The standard InChI is InChI=1S/C17H21F3N2O2/c1-10(13-8-11-4-5-12(13)7-11)21-15(23)9-22-6-2-3-14(16(22)24)17(18,19)20/h2-3,6,10-13H,4-5,7-9H2,1H3,(H,21,23). The predicted molar refractivity (Wildman–Crippen MR) is 82.2 cm³/mol. The number of nitrogens with zero attached hydrogens (tertiary/aromatic N) is 1. The van der Waals surface area contributed by atoms with E-state index in [0.29, 0.717) is 11.8 Å². The van der Waals surface area contributed by atoms with Crippen molar-refractivity contribution < 1.29 is 18.0 Å². The fourth-order valence-electron chi connectivity index (χ4n) is 4.34. The summed E-state index contributed by atoms with van der Waals surface area (Å²) >= 11 is 0. The van der Waals surface area contributed by atoms with Gasteiger partial charge in [0.15, 0.2) is 0 Å². The van der Waals surface area contributed by atoms with Crippen LogP contribution in [0.15, 0.2) is 23.1 Å². The third kappa shape index (κ3) is 3.35. The lowest BCUT2D eigenvalue weighted by molar-refractivity contribution is -0.139. The largest absolute Gasteiger partial charge is 0.421 e. The van der Waals surface area contributed by atoms with E-state index >= 15 is 0 Å². The van der Waals surface area contributed by atoms with Gasteiger partial charge in [-0.1, -0.05) is 6.42 Å². The van der Waals surface area contributed by atoms with Crippen molar-refractivity contribution in [3.63, 3.8) is 0 Å². The van der Waals surface area contributed by atoms with Crippen molar-refractivity contribution in [1.29, 1.82) is 0 Å². The molecule has 0 saturated heterocycles. The van der Waals surface area contributed by atoms with Crippen LogP contribution in [0.5, 0.6) is 0 Å². The van der Waals surface area contributed by atoms with Crippen LogP contribution < -0.4 is 10.9 Å². The number of hydrogen-bond acceptors (Lipinski definition) is 2. The highest BCUT2D eigenvalue weighted by atomic mass is 19.4. The highest BCUT2D eigenvalue weighted by molar-refractivity contribution is 5.76. The van der Waals surface area contributed by atoms with E-state index in [-0.39, 0.29) is 6.04 Å². The highest BCUT2D eigenvalue weighted by Gasteiger charge is 2.42. The van der Waals surface area contributed by atoms with Gasteiger partial charge in [0.05, 0.1) is 0 Å². The van der Waals surface area contributed by atoms with Gasteiger partial charge >= 0.3 is 6.18 Å². The van der Waals surface area contributed by atoms with Gasteiger partial charge in [0.2, 0.25) is 5.91 Å². The second kappa shape index (κ2) is 6.26. The van der Waals surface area contributed by atoms with Crippen LogP contribution in [0.3, 0.4) is 0 Å². The number of fused-ring (bicyclic) bond motifs is 2. The molecular formula is C17H21F3N2O2. The summed E-state index contributed by atoms with van der Waals surface area (Å²) in [7, 11) is 0. The van der Waals surface area contributed by atoms with E-state index in [4.69, 9.17) is 0 Å². The second-order valence-corrected chi connectivity index (χ2v) is 7.05. The number of carbonyl (C=O) groups excluding carboxylic acids is 1. The number of hydrogen-bond donors (Lipinski definition) is 1. The van der Waals surface area contributed by atoms with Crippen molar-refractivity contribution in [2.45, 2.75) is 51.4 Å². The Hall–Kier alpha value is -1.79. The molecule has 2 aliphatic carbocycles. The molecule has 3 rings (SSSR count). The molecule has 2 saturated carbocycles. The summed E-state index contributed by atoms with van der Waals surface area (Å²) < 4.78 is 39.1. The Morgan fingerprint density at radius 1 is 1.38 bits per heavy atom. The molecule has 7 heteroatoms. The Morgan fingerprint density at radius 2 is 2.12 bits per heavy atom. The van der Waals surface area contributed by atoms with E-state index < -0.39 is 29.8 Å². The van der Waals surface area contributed by atoms with Gasteiger partial charge in [0.25, 0.3) is 5.56 Å². The molecule has 4 nitrogen and oxygen atoms in total. The van der Waals surface area contributed by atoms with E-state index in [1.807, 2.05) is 6.92 Å². The Balaban J connectivity index is 1.64. The number of amides is 1. The first-order valence-corrected chi connectivity index (χ1v) is 8.31. The van der Waals surface area contributed by atoms with E-state index in [9.17, 15) is 22.8 Å². The SMILES string of the molecule is CC(NC(=O)Cn1cccc(C(F)(F)F)c1=O)C1CC2CCC1C2. The normalized spacial score (nSPS) is 27.2. The molecule has 1 aromatic heterocycles. The minimum atomic E-state index is -4.72. The molecule has 1 aromatic rings. The van der Waals surface area contributed by atoms with Crippen molar-refractivity contribution in [2.24, 2.45) is 17.8 Å². The zero-order chi connectivity index (χ0) is 17.5. The van der Waals surface area contributed by atoms with E-state index in [2.05, 4.69) is 5.32 Å². The van der Waals surface area contributed by atoms with Crippen LogP contribution in [0.1, 0.15) is 38.2 Å². The number of aromatic nitrogens is 1. The lowest BCUT2D eigenvalue weighted by atomic mass is 9.84. The van der Waals surface area contributed by atoms with Crippen LogP contribution >= 0.6 is 0 Å². The van der Waals surface area contributed by atoms with E-state index in [1.165, 1.54) is 25.5 Å². The molecule has 0 spiro atoms. The van der Waals surface area contributed by atoms with Crippen molar-refractivity contribution >= 4 is 5.91 Å². The fraction of sp³-hybridized carbons (Fsp3) is 0.647. The number of alkyl halides is 3. The van der Waals surface area contributed by atoms with Gasteiger partial charge < -0.3 is 9.88 Å². The highest BCUT2D eigenvalue weighted by Crippen LogP contribution is 2.49. The second-order valence-electron chi connectivity index (χ2n) is 7.05. The van der Waals surface area contributed by atoms with Crippen molar-refractivity contribution in [2.75, 3.05) is 0 Å². The fourth-order valence-corrected chi connectivity index (χ4v) is 4.34. The number of carbonyl (C=O) groups is 1. The maximum Gasteiger partial charge on any atom is 0.421 e. The number of halogens is 3. The molecule has 4 atom stereocenters. The first kappa shape index (κ1) is 17.0. The molecule has 1 amide bonds. The number of pyridine rings is 1. The smallest absolute Gasteiger partial charge is 0.352 e. The summed E-state index contributed by atoms with van der Waals surface area (Å²) in [6, 6.07) is 1.85. The molecule has 24 heavy (non-hydrogen) atoms. The molecule has 2 aliphatic rings. The van der Waals surface area contributed by atoms with Crippen LogP contribution in [-0.2, 0) is 17.5 Å². The van der Waals surface area contributed by atoms with Gasteiger partial charge in [-0.3, -0.25) is 9.59 Å². The third-order valence-corrected chi connectivity index (χ3v) is 5.46. The minimum absolute atomic E-state index is 0.0192. The third-order valence-electron chi connectivity index (χ3n) is 5.46. The predicted octanol–water partition coefficient (Wildman–Crippen LogP) is 2.81. The van der Waals surface area contributed by atoms with Crippen molar-refractivity contribution in [1.82, 2.24) is 9.88 Å². The maximum absolute atomic E-state index is 12.8. The number of nitrogens with one attached hydrogen (secondary N) is 1. The lowest BCUT2D eigenvalue weighted by Gasteiger charge is -2.28. The molecule has 0 aliphatic heterocycles. The summed E-state index contributed by atoms with van der Waals surface area (Å²) in [5.74, 6) is 1.41. The molecule has 1 heterocycles. The zero-order valence-electron chi connectivity index (χ0n) is 13.5. The average molecular weight is 342 g/mol. The van der Waals surface area contributed by atoms with E-state index in [1.54, 1.807) is 0 Å². The maximum atomic E-state index is 12.8. The molecule has 4 unspecified atom stereocenters. The van der Waals surface area contributed by atoms with Crippen LogP contribution in [0, 0.1) is 17.8 Å². The summed E-state index contributed by atoms with van der Waals surface area (Å²) in [6.07, 6.45) is 1.28. The topological polar surface area (TPSA) is 51.1 Å². The zero-order valence-corrected chi connectivity index (χ0v) is 13.5. The molecular weight excluding hydrogens is 321 g/mol. The quantitative estimate of drug-likeness (QED) is 0.915. The van der Waals surface area contributed by atoms with Crippen molar-refractivity contribution in [3.8, 4) is 0 Å². The van der Waals surface area contributed by atoms with Crippen LogP contribution in [0.2, 0.25) is 0 Å². The summed E-state index contributed by atoms with van der Waals surface area (Å²) in [6.45, 7) is 1.55. The molecule has 1 N–H and O–H groups in total. The van der Waals surface area contributed by atoms with Crippen LogP contribution in [0.25, 0.3) is 0 Å². The van der Waals surface area contributed by atoms with Gasteiger partial charge in [-0.25, -0.2) is 0 Å². The molecule has 0 radical (unpaired) electrons. The van der Waals surface area contributed by atoms with Gasteiger partial charge in [0.1, 0.15) is 12.1 Å². The lowest BCUT2D eigenvalue weighted by Crippen LogP contribution is -2.43. The molecule has 0 aromatic carbocycles. The summed E-state index contributed by atoms with van der Waals surface area (Å²) in [5, 5.41) is 2.86. The van der Waals surface area contributed by atoms with E-state index in [0.717, 1.165) is 29.0 Å². The van der Waals surface area contributed by atoms with Crippen molar-refractivity contribution in [3.05, 3.63) is 34.2 Å². The molecule has 2 bridgehead atoms. The van der Waals surface area contributed by atoms with Crippen LogP contribution in [0.4, 0.5) is 13.2 Å². The average Bonchev–Trinajstić information content (AvgIpc) is 3.11. The molecule has 132 valence electrons. The summed E-state index contributed by atoms with van der Waals surface area (Å²) in [5.41, 5.74) is -2.44. The van der Waals surface area contributed by atoms with Gasteiger partial charge in [-0.15, -0.1) is 0 Å². The Bertz CT molecular complexity index is 683. The first-order valence-electron chi connectivity index (χ1n) is 8.31. The van der Waals surface area contributed by atoms with Gasteiger partial charge in [-0.05, 0) is 56.1 Å². The summed E-state index contributed by atoms with van der Waals surface area (Å²) in [4.78, 5) is 24.0. The van der Waals surface area contributed by atoms with Gasteiger partial charge in [0, 0.05) is 12.2 Å². The van der Waals surface area contributed by atoms with Crippen LogP contribution in [-0.4, -0.2) is 16.5 Å². The monoisotopic (exact) mass is 342 g/mol. The first-order chi connectivity index (χ1) is 11.3. The Kier molecular flexibility index (Phi) is 4.44. The Labute approximate surface area is 138 Å². The number of rotatable bonds is 4. The minimum Gasteiger partial charge on any atom is -0.352 e. The van der Waals surface area contributed by atoms with Gasteiger partial charge in [-0.2, -0.15) is 13.2 Å². The molecule has 2 fully saturated rings. The Morgan fingerprint density at radius 3 is 2.71 bits per heavy atom.